The molecular formula is C15H19NO4. The predicted octanol–water partition coefficient (Wildman–Crippen LogP) is 1.57. The molecule has 0 aliphatic carbocycles. The molecule has 2 unspecified atom stereocenters. The van der Waals surface area contributed by atoms with Crippen LogP contribution in [0.1, 0.15) is 24.8 Å². The molecule has 1 heterocycles. The molecule has 1 saturated heterocycles. The first-order valence-corrected chi connectivity index (χ1v) is 6.82. The van der Waals surface area contributed by atoms with Crippen molar-refractivity contribution in [3.8, 4) is 0 Å². The van der Waals surface area contributed by atoms with Crippen LogP contribution in [-0.2, 0) is 20.9 Å². The van der Waals surface area contributed by atoms with E-state index in [0.717, 1.165) is 18.4 Å². The second-order valence-corrected chi connectivity index (χ2v) is 5.02. The van der Waals surface area contributed by atoms with Crippen LogP contribution in [0, 0.1) is 5.92 Å². The number of aliphatic carboxylic acids is 1. The van der Waals surface area contributed by atoms with Crippen molar-refractivity contribution in [1.82, 2.24) is 5.32 Å². The van der Waals surface area contributed by atoms with Gasteiger partial charge in [-0.1, -0.05) is 30.3 Å². The Labute approximate surface area is 117 Å². The molecule has 5 nitrogen and oxygen atoms in total. The van der Waals surface area contributed by atoms with Gasteiger partial charge in [-0.25, -0.2) is 0 Å². The largest absolute Gasteiger partial charge is 0.480 e. The van der Waals surface area contributed by atoms with Crippen LogP contribution in [0.25, 0.3) is 0 Å². The quantitative estimate of drug-likeness (QED) is 0.799. The molecule has 108 valence electrons. The topological polar surface area (TPSA) is 75.6 Å². The fourth-order valence-electron chi connectivity index (χ4n) is 2.48. The summed E-state index contributed by atoms with van der Waals surface area (Å²) in [7, 11) is 0. The normalized spacial score (nSPS) is 22.2. The average molecular weight is 277 g/mol. The first-order chi connectivity index (χ1) is 9.66. The Morgan fingerprint density at radius 3 is 2.75 bits per heavy atom. The number of esters is 1. The van der Waals surface area contributed by atoms with Gasteiger partial charge in [0.15, 0.2) is 0 Å². The van der Waals surface area contributed by atoms with Crippen molar-refractivity contribution in [2.24, 2.45) is 5.92 Å². The number of carboxylic acid groups (broad SMARTS) is 1. The number of piperidine rings is 1. The van der Waals surface area contributed by atoms with Crippen LogP contribution in [-0.4, -0.2) is 29.6 Å². The van der Waals surface area contributed by atoms with Gasteiger partial charge in [0.05, 0.1) is 6.42 Å². The van der Waals surface area contributed by atoms with Gasteiger partial charge in [-0.3, -0.25) is 9.59 Å². The van der Waals surface area contributed by atoms with Crippen LogP contribution in [0.2, 0.25) is 0 Å². The molecule has 0 spiro atoms. The second kappa shape index (κ2) is 7.05. The van der Waals surface area contributed by atoms with Crippen molar-refractivity contribution in [1.29, 1.82) is 0 Å². The SMILES string of the molecule is O=C(CC1CCCNC1C(=O)O)OCc1ccccc1. The lowest BCUT2D eigenvalue weighted by Gasteiger charge is -2.28. The highest BCUT2D eigenvalue weighted by Gasteiger charge is 2.32. The third-order valence-electron chi connectivity index (χ3n) is 3.52. The van der Waals surface area contributed by atoms with E-state index in [1.165, 1.54) is 0 Å². The molecule has 1 fully saturated rings. The summed E-state index contributed by atoms with van der Waals surface area (Å²) in [6.07, 6.45) is 1.78. The van der Waals surface area contributed by atoms with Gasteiger partial charge in [-0.05, 0) is 30.9 Å². The molecule has 1 aromatic carbocycles. The van der Waals surface area contributed by atoms with Gasteiger partial charge in [-0.2, -0.15) is 0 Å². The van der Waals surface area contributed by atoms with Crippen LogP contribution in [0.15, 0.2) is 30.3 Å². The molecule has 0 radical (unpaired) electrons. The lowest BCUT2D eigenvalue weighted by atomic mass is 9.88. The van der Waals surface area contributed by atoms with E-state index >= 15 is 0 Å². The van der Waals surface area contributed by atoms with Crippen LogP contribution >= 0.6 is 0 Å². The first-order valence-electron chi connectivity index (χ1n) is 6.82. The molecule has 1 aromatic rings. The van der Waals surface area contributed by atoms with Gasteiger partial charge in [0, 0.05) is 0 Å². The minimum absolute atomic E-state index is 0.150. The van der Waals surface area contributed by atoms with Gasteiger partial charge in [-0.15, -0.1) is 0 Å². The Bertz CT molecular complexity index is 460. The van der Waals surface area contributed by atoms with Crippen LogP contribution in [0.5, 0.6) is 0 Å². The van der Waals surface area contributed by atoms with E-state index in [0.29, 0.717) is 6.54 Å². The number of carboxylic acids is 1. The minimum Gasteiger partial charge on any atom is -0.480 e. The third kappa shape index (κ3) is 4.06. The zero-order valence-corrected chi connectivity index (χ0v) is 11.2. The van der Waals surface area contributed by atoms with Crippen LogP contribution < -0.4 is 5.32 Å². The minimum atomic E-state index is -0.898. The van der Waals surface area contributed by atoms with E-state index < -0.39 is 12.0 Å². The third-order valence-corrected chi connectivity index (χ3v) is 3.52. The van der Waals surface area contributed by atoms with Crippen molar-refractivity contribution in [2.45, 2.75) is 31.9 Å². The van der Waals surface area contributed by atoms with Crippen LogP contribution in [0.3, 0.4) is 0 Å². The Hall–Kier alpha value is -1.88. The molecule has 1 aliphatic heterocycles. The van der Waals surface area contributed by atoms with E-state index in [2.05, 4.69) is 5.32 Å². The highest BCUT2D eigenvalue weighted by molar-refractivity contribution is 5.76. The fourth-order valence-corrected chi connectivity index (χ4v) is 2.48. The summed E-state index contributed by atoms with van der Waals surface area (Å²) in [6, 6.07) is 8.79. The average Bonchev–Trinajstić information content (AvgIpc) is 2.46. The Morgan fingerprint density at radius 2 is 2.05 bits per heavy atom. The Morgan fingerprint density at radius 1 is 1.30 bits per heavy atom. The smallest absolute Gasteiger partial charge is 0.320 e. The number of carbonyl (C=O) groups is 2. The van der Waals surface area contributed by atoms with E-state index in [1.54, 1.807) is 0 Å². The molecule has 20 heavy (non-hydrogen) atoms. The molecular weight excluding hydrogens is 258 g/mol. The lowest BCUT2D eigenvalue weighted by Crippen LogP contribution is -2.47. The van der Waals surface area contributed by atoms with Crippen molar-refractivity contribution in [2.75, 3.05) is 6.54 Å². The summed E-state index contributed by atoms with van der Waals surface area (Å²) < 4.78 is 5.20. The zero-order valence-electron chi connectivity index (χ0n) is 11.2. The van der Waals surface area contributed by atoms with E-state index in [9.17, 15) is 9.59 Å². The predicted molar refractivity (Wildman–Crippen MR) is 73.0 cm³/mol. The van der Waals surface area contributed by atoms with Crippen molar-refractivity contribution in [3.05, 3.63) is 35.9 Å². The van der Waals surface area contributed by atoms with E-state index in [4.69, 9.17) is 9.84 Å². The fraction of sp³-hybridized carbons (Fsp3) is 0.467. The monoisotopic (exact) mass is 277 g/mol. The number of benzene rings is 1. The second-order valence-electron chi connectivity index (χ2n) is 5.02. The molecule has 0 amide bonds. The molecule has 2 rings (SSSR count). The Kier molecular flexibility index (Phi) is 5.12. The Balaban J connectivity index is 1.82. The molecule has 2 atom stereocenters. The summed E-state index contributed by atoms with van der Waals surface area (Å²) in [5.74, 6) is -1.43. The van der Waals surface area contributed by atoms with Crippen molar-refractivity contribution >= 4 is 11.9 Å². The summed E-state index contributed by atoms with van der Waals surface area (Å²) in [5, 5.41) is 12.1. The maximum absolute atomic E-state index is 11.8. The first kappa shape index (κ1) is 14.5. The number of rotatable bonds is 5. The van der Waals surface area contributed by atoms with Crippen molar-refractivity contribution in [3.63, 3.8) is 0 Å². The summed E-state index contributed by atoms with van der Waals surface area (Å²) in [6.45, 7) is 0.921. The maximum Gasteiger partial charge on any atom is 0.320 e. The molecule has 2 N–H and O–H groups in total. The highest BCUT2D eigenvalue weighted by atomic mass is 16.5. The zero-order chi connectivity index (χ0) is 14.4. The summed E-state index contributed by atoms with van der Waals surface area (Å²) in [5.41, 5.74) is 0.928. The summed E-state index contributed by atoms with van der Waals surface area (Å²) in [4.78, 5) is 22.9. The van der Waals surface area contributed by atoms with Gasteiger partial charge in [0.2, 0.25) is 0 Å². The lowest BCUT2D eigenvalue weighted by molar-refractivity contribution is -0.148. The molecule has 0 saturated carbocycles. The number of ether oxygens (including phenoxy) is 1. The van der Waals surface area contributed by atoms with Crippen molar-refractivity contribution < 1.29 is 19.4 Å². The molecule has 0 bridgehead atoms. The molecule has 1 aliphatic rings. The molecule has 5 heteroatoms. The van der Waals surface area contributed by atoms with Gasteiger partial charge >= 0.3 is 11.9 Å². The van der Waals surface area contributed by atoms with E-state index in [1.807, 2.05) is 30.3 Å². The van der Waals surface area contributed by atoms with Gasteiger partial charge in [0.25, 0.3) is 0 Å². The number of hydrogen-bond donors (Lipinski definition) is 2. The highest BCUT2D eigenvalue weighted by Crippen LogP contribution is 2.21. The van der Waals surface area contributed by atoms with E-state index in [-0.39, 0.29) is 24.9 Å². The van der Waals surface area contributed by atoms with Gasteiger partial charge < -0.3 is 15.2 Å². The van der Waals surface area contributed by atoms with Gasteiger partial charge in [0.1, 0.15) is 12.6 Å². The maximum atomic E-state index is 11.8. The number of hydrogen-bond acceptors (Lipinski definition) is 4. The molecule has 0 aromatic heterocycles. The summed E-state index contributed by atoms with van der Waals surface area (Å²) >= 11 is 0. The number of carbonyl (C=O) groups excluding carboxylic acids is 1. The standard InChI is InChI=1S/C15H19NO4/c17-13(20-10-11-5-2-1-3-6-11)9-12-7-4-8-16-14(12)15(18)19/h1-3,5-6,12,14,16H,4,7-10H2,(H,18,19). The number of nitrogens with one attached hydrogen (secondary N) is 1. The van der Waals surface area contributed by atoms with Crippen LogP contribution in [0.4, 0.5) is 0 Å².